The number of benzene rings is 2. The molecule has 7 nitrogen and oxygen atoms in total. The number of hydrogen-bond acceptors (Lipinski definition) is 6. The number of rotatable bonds is 6. The summed E-state index contributed by atoms with van der Waals surface area (Å²) in [7, 11) is 0. The molecule has 1 aliphatic rings. The SMILES string of the molecule is CC(=O)c1cc2c(cc1NC(=O)COC(=O)Cc1ccccc1Cl)OCO2. The number of esters is 1. The van der Waals surface area contributed by atoms with Crippen molar-refractivity contribution in [1.29, 1.82) is 0 Å². The third-order valence-corrected chi connectivity index (χ3v) is 4.19. The summed E-state index contributed by atoms with van der Waals surface area (Å²) in [4.78, 5) is 35.8. The number of anilines is 1. The third kappa shape index (κ3) is 4.57. The maximum atomic E-state index is 12.1. The van der Waals surface area contributed by atoms with Crippen LogP contribution in [0.4, 0.5) is 5.69 Å². The average molecular weight is 390 g/mol. The Balaban J connectivity index is 1.60. The fourth-order valence-corrected chi connectivity index (χ4v) is 2.72. The lowest BCUT2D eigenvalue weighted by molar-refractivity contribution is -0.146. The van der Waals surface area contributed by atoms with Crippen LogP contribution in [0.3, 0.4) is 0 Å². The zero-order chi connectivity index (χ0) is 19.4. The Kier molecular flexibility index (Phi) is 5.61. The molecule has 1 aliphatic heterocycles. The van der Waals surface area contributed by atoms with Crippen LogP contribution in [-0.4, -0.2) is 31.1 Å². The van der Waals surface area contributed by atoms with Crippen LogP contribution >= 0.6 is 11.6 Å². The number of ketones is 1. The summed E-state index contributed by atoms with van der Waals surface area (Å²) in [5, 5.41) is 3.00. The summed E-state index contributed by atoms with van der Waals surface area (Å²) in [6.45, 7) is 0.926. The van der Waals surface area contributed by atoms with E-state index < -0.39 is 18.5 Å². The topological polar surface area (TPSA) is 90.9 Å². The van der Waals surface area contributed by atoms with E-state index in [9.17, 15) is 14.4 Å². The van der Waals surface area contributed by atoms with Crippen molar-refractivity contribution in [3.05, 3.63) is 52.5 Å². The highest BCUT2D eigenvalue weighted by atomic mass is 35.5. The predicted molar refractivity (Wildman–Crippen MR) is 97.3 cm³/mol. The number of ether oxygens (including phenoxy) is 3. The van der Waals surface area contributed by atoms with Gasteiger partial charge in [0.05, 0.1) is 12.1 Å². The highest BCUT2D eigenvalue weighted by Crippen LogP contribution is 2.37. The molecular weight excluding hydrogens is 374 g/mol. The van der Waals surface area contributed by atoms with Gasteiger partial charge < -0.3 is 19.5 Å². The van der Waals surface area contributed by atoms with E-state index in [1.165, 1.54) is 19.1 Å². The van der Waals surface area contributed by atoms with Crippen LogP contribution in [0, 0.1) is 0 Å². The molecule has 0 bridgehead atoms. The van der Waals surface area contributed by atoms with Crippen molar-refractivity contribution in [2.45, 2.75) is 13.3 Å². The Hall–Kier alpha value is -3.06. The van der Waals surface area contributed by atoms with Gasteiger partial charge in [-0.05, 0) is 24.6 Å². The van der Waals surface area contributed by atoms with Gasteiger partial charge in [0.1, 0.15) is 0 Å². The first-order valence-corrected chi connectivity index (χ1v) is 8.45. The molecule has 0 saturated carbocycles. The number of nitrogens with one attached hydrogen (secondary N) is 1. The predicted octanol–water partition coefficient (Wildman–Crippen LogP) is 3.00. The van der Waals surface area contributed by atoms with Crippen LogP contribution in [0.2, 0.25) is 5.02 Å². The normalized spacial score (nSPS) is 11.8. The van der Waals surface area contributed by atoms with E-state index in [1.54, 1.807) is 24.3 Å². The second-order valence-corrected chi connectivity index (χ2v) is 6.19. The smallest absolute Gasteiger partial charge is 0.310 e. The molecule has 140 valence electrons. The second kappa shape index (κ2) is 8.09. The van der Waals surface area contributed by atoms with Crippen molar-refractivity contribution in [3.63, 3.8) is 0 Å². The molecule has 0 radical (unpaired) electrons. The van der Waals surface area contributed by atoms with E-state index in [4.69, 9.17) is 25.8 Å². The highest BCUT2D eigenvalue weighted by molar-refractivity contribution is 6.31. The maximum absolute atomic E-state index is 12.1. The van der Waals surface area contributed by atoms with Crippen molar-refractivity contribution in [2.75, 3.05) is 18.7 Å². The largest absolute Gasteiger partial charge is 0.455 e. The molecule has 0 unspecified atom stereocenters. The molecule has 0 saturated heterocycles. The Bertz CT molecular complexity index is 911. The molecule has 1 amide bonds. The number of fused-ring (bicyclic) bond motifs is 1. The molecule has 0 fully saturated rings. The monoisotopic (exact) mass is 389 g/mol. The number of carbonyl (C=O) groups is 3. The van der Waals surface area contributed by atoms with E-state index in [1.807, 2.05) is 0 Å². The molecular formula is C19H16ClNO6. The molecule has 0 aromatic heterocycles. The molecule has 0 aliphatic carbocycles. The fraction of sp³-hybridized carbons (Fsp3) is 0.211. The van der Waals surface area contributed by atoms with Crippen molar-refractivity contribution < 1.29 is 28.6 Å². The lowest BCUT2D eigenvalue weighted by atomic mass is 10.1. The number of halogens is 1. The molecule has 8 heteroatoms. The van der Waals surface area contributed by atoms with Crippen LogP contribution in [-0.2, 0) is 20.7 Å². The quantitative estimate of drug-likeness (QED) is 0.603. The van der Waals surface area contributed by atoms with Crippen molar-refractivity contribution in [1.82, 2.24) is 0 Å². The first kappa shape index (κ1) is 18.7. The van der Waals surface area contributed by atoms with E-state index in [2.05, 4.69) is 5.32 Å². The lowest BCUT2D eigenvalue weighted by Crippen LogP contribution is -2.22. The van der Waals surface area contributed by atoms with E-state index in [0.29, 0.717) is 22.1 Å². The van der Waals surface area contributed by atoms with Crippen molar-refractivity contribution in [3.8, 4) is 11.5 Å². The van der Waals surface area contributed by atoms with E-state index in [-0.39, 0.29) is 30.2 Å². The van der Waals surface area contributed by atoms with Crippen LogP contribution in [0.25, 0.3) is 0 Å². The van der Waals surface area contributed by atoms with Gasteiger partial charge in [-0.25, -0.2) is 0 Å². The zero-order valence-corrected chi connectivity index (χ0v) is 15.2. The first-order chi connectivity index (χ1) is 12.9. The van der Waals surface area contributed by atoms with Gasteiger partial charge >= 0.3 is 5.97 Å². The summed E-state index contributed by atoms with van der Waals surface area (Å²) in [6.07, 6.45) is -0.0460. The standard InChI is InChI=1S/C19H16ClNO6/c1-11(22)13-7-16-17(27-10-26-16)8-15(13)21-18(23)9-25-19(24)6-12-4-2-3-5-14(12)20/h2-5,7-8H,6,9-10H2,1H3,(H,21,23). The molecule has 1 N–H and O–H groups in total. The zero-order valence-electron chi connectivity index (χ0n) is 14.4. The van der Waals surface area contributed by atoms with Gasteiger partial charge in [-0.1, -0.05) is 29.8 Å². The Labute approximate surface area is 160 Å². The molecule has 27 heavy (non-hydrogen) atoms. The summed E-state index contributed by atoms with van der Waals surface area (Å²) < 4.78 is 15.5. The summed E-state index contributed by atoms with van der Waals surface area (Å²) in [6, 6.07) is 9.88. The molecule has 3 rings (SSSR count). The Morgan fingerprint density at radius 2 is 1.85 bits per heavy atom. The van der Waals surface area contributed by atoms with Crippen molar-refractivity contribution in [2.24, 2.45) is 0 Å². The number of Topliss-reactive ketones (excluding diaryl/α,β-unsaturated/α-hetero) is 1. The minimum Gasteiger partial charge on any atom is -0.455 e. The molecule has 1 heterocycles. The fourth-order valence-electron chi connectivity index (χ4n) is 2.52. The molecule has 0 atom stereocenters. The summed E-state index contributed by atoms with van der Waals surface area (Å²) in [5.74, 6) is -0.561. The maximum Gasteiger partial charge on any atom is 0.310 e. The van der Waals surface area contributed by atoms with Crippen LogP contribution in [0.5, 0.6) is 11.5 Å². The van der Waals surface area contributed by atoms with Crippen LogP contribution < -0.4 is 14.8 Å². The highest BCUT2D eigenvalue weighted by Gasteiger charge is 2.20. The minimum atomic E-state index is -0.587. The molecule has 0 spiro atoms. The summed E-state index contributed by atoms with van der Waals surface area (Å²) in [5.41, 5.74) is 1.15. The van der Waals surface area contributed by atoms with Crippen molar-refractivity contribution >= 4 is 34.9 Å². The molecule has 2 aromatic rings. The van der Waals surface area contributed by atoms with E-state index >= 15 is 0 Å². The number of amides is 1. The van der Waals surface area contributed by atoms with Gasteiger partial charge in [0.2, 0.25) is 6.79 Å². The van der Waals surface area contributed by atoms with Crippen LogP contribution in [0.1, 0.15) is 22.8 Å². The van der Waals surface area contributed by atoms with Gasteiger partial charge in [0, 0.05) is 16.7 Å². The number of carbonyl (C=O) groups excluding carboxylic acids is 3. The Morgan fingerprint density at radius 1 is 1.15 bits per heavy atom. The lowest BCUT2D eigenvalue weighted by Gasteiger charge is -2.11. The average Bonchev–Trinajstić information content (AvgIpc) is 3.08. The van der Waals surface area contributed by atoms with Gasteiger partial charge in [-0.3, -0.25) is 14.4 Å². The van der Waals surface area contributed by atoms with Gasteiger partial charge in [-0.2, -0.15) is 0 Å². The third-order valence-electron chi connectivity index (χ3n) is 3.82. The molecule has 2 aromatic carbocycles. The summed E-state index contributed by atoms with van der Waals surface area (Å²) >= 11 is 5.99. The Morgan fingerprint density at radius 3 is 2.56 bits per heavy atom. The number of hydrogen-bond donors (Lipinski definition) is 1. The second-order valence-electron chi connectivity index (χ2n) is 5.78. The minimum absolute atomic E-state index is 0.0454. The van der Waals surface area contributed by atoms with Gasteiger partial charge in [0.15, 0.2) is 23.9 Å². The van der Waals surface area contributed by atoms with Gasteiger partial charge in [0.25, 0.3) is 5.91 Å². The van der Waals surface area contributed by atoms with Crippen LogP contribution in [0.15, 0.2) is 36.4 Å². The van der Waals surface area contributed by atoms with E-state index in [0.717, 1.165) is 0 Å². The first-order valence-electron chi connectivity index (χ1n) is 8.07. The van der Waals surface area contributed by atoms with Gasteiger partial charge in [-0.15, -0.1) is 0 Å².